The summed E-state index contributed by atoms with van der Waals surface area (Å²) in [6, 6.07) is 3.25. The Kier molecular flexibility index (Phi) is 8.83. The third-order valence-corrected chi connectivity index (χ3v) is 8.71. The number of aromatic nitrogens is 1. The summed E-state index contributed by atoms with van der Waals surface area (Å²) in [4.78, 5) is 30.8. The van der Waals surface area contributed by atoms with Crippen molar-refractivity contribution in [3.63, 3.8) is 0 Å². The second-order valence-corrected chi connectivity index (χ2v) is 12.6. The Morgan fingerprint density at radius 3 is 2.43 bits per heavy atom. The van der Waals surface area contributed by atoms with Crippen LogP contribution in [0.5, 0.6) is 11.5 Å². The van der Waals surface area contributed by atoms with Gasteiger partial charge >= 0.3 is 6.61 Å². The molecule has 0 saturated heterocycles. The highest BCUT2D eigenvalue weighted by Gasteiger charge is 2.39. The van der Waals surface area contributed by atoms with Gasteiger partial charge < -0.3 is 24.9 Å². The van der Waals surface area contributed by atoms with E-state index < -0.39 is 68.7 Å². The van der Waals surface area contributed by atoms with Gasteiger partial charge in [0.25, 0.3) is 11.8 Å². The highest BCUT2D eigenvalue weighted by atomic mass is 32.2. The number of halogens is 4. The third-order valence-electron chi connectivity index (χ3n) is 6.88. The SMILES string of the molecule is C[C@H](N)c1oc(-c2ccc(OC(F)F)c(OCC3CC3)c2)nc1C(=O)NC(C(=O)NS(=O)(=O)C1CC1)c1ccc(F)cc1F. The lowest BCUT2D eigenvalue weighted by Crippen LogP contribution is -2.44. The van der Waals surface area contributed by atoms with Crippen molar-refractivity contribution in [3.8, 4) is 23.0 Å². The molecule has 1 unspecified atom stereocenters. The minimum Gasteiger partial charge on any atom is -0.489 e. The van der Waals surface area contributed by atoms with Gasteiger partial charge in [-0.25, -0.2) is 22.2 Å². The Hall–Kier alpha value is -4.18. The fraction of sp³-hybridized carbons (Fsp3) is 0.393. The van der Waals surface area contributed by atoms with E-state index in [4.69, 9.17) is 14.9 Å². The van der Waals surface area contributed by atoms with E-state index in [0.717, 1.165) is 25.0 Å². The van der Waals surface area contributed by atoms with Gasteiger partial charge in [0.15, 0.2) is 23.0 Å². The number of amides is 2. The summed E-state index contributed by atoms with van der Waals surface area (Å²) in [7, 11) is -4.11. The molecule has 2 aliphatic carbocycles. The fourth-order valence-corrected chi connectivity index (χ4v) is 5.57. The Balaban J connectivity index is 1.46. The van der Waals surface area contributed by atoms with Crippen LogP contribution in [0.2, 0.25) is 0 Å². The predicted molar refractivity (Wildman–Crippen MR) is 146 cm³/mol. The lowest BCUT2D eigenvalue weighted by molar-refractivity contribution is -0.121. The van der Waals surface area contributed by atoms with Crippen molar-refractivity contribution < 1.29 is 49.5 Å². The van der Waals surface area contributed by atoms with Crippen molar-refractivity contribution in [2.24, 2.45) is 11.7 Å². The standard InChI is InChI=1S/C28H28F4N4O7S/c1-13(33)24-23(35-27(43-24)15-4-9-20(42-28(31)32)21(10-15)41-12-14-2-3-14)25(37)34-22(18-8-5-16(29)11-19(18)30)26(38)36-44(39,40)17-6-7-17/h4-5,8-11,13-14,17,22,28H,2-3,6-7,12,33H2,1H3,(H,34,37)(H,36,38)/t13-,22?/m0/s1. The quantitative estimate of drug-likeness (QED) is 0.233. The topological polar surface area (TPSA) is 163 Å². The molecule has 2 amide bonds. The van der Waals surface area contributed by atoms with Crippen LogP contribution in [0.25, 0.3) is 11.5 Å². The van der Waals surface area contributed by atoms with E-state index in [0.29, 0.717) is 18.9 Å². The first kappa shape index (κ1) is 31.3. The molecule has 11 nitrogen and oxygen atoms in total. The number of carbonyl (C=O) groups is 2. The predicted octanol–water partition coefficient (Wildman–Crippen LogP) is 4.11. The van der Waals surface area contributed by atoms with Crippen LogP contribution in [0, 0.1) is 17.6 Å². The monoisotopic (exact) mass is 640 g/mol. The smallest absolute Gasteiger partial charge is 0.387 e. The largest absolute Gasteiger partial charge is 0.489 e. The maximum atomic E-state index is 14.8. The van der Waals surface area contributed by atoms with Crippen molar-refractivity contribution in [2.45, 2.75) is 56.6 Å². The Morgan fingerprint density at radius 2 is 1.82 bits per heavy atom. The van der Waals surface area contributed by atoms with Gasteiger partial charge in [0.1, 0.15) is 17.7 Å². The van der Waals surface area contributed by atoms with Crippen molar-refractivity contribution in [3.05, 3.63) is 65.1 Å². The van der Waals surface area contributed by atoms with Gasteiger partial charge in [0, 0.05) is 17.2 Å². The Bertz CT molecular complexity index is 1670. The number of ether oxygens (including phenoxy) is 2. The molecule has 16 heteroatoms. The Labute approximate surface area is 249 Å². The molecular weight excluding hydrogens is 612 g/mol. The number of nitrogens with zero attached hydrogens (tertiary/aromatic N) is 1. The lowest BCUT2D eigenvalue weighted by atomic mass is 10.0. The number of carbonyl (C=O) groups excluding carboxylic acids is 2. The third kappa shape index (κ3) is 7.30. The van der Waals surface area contributed by atoms with E-state index in [1.807, 2.05) is 4.72 Å². The summed E-state index contributed by atoms with van der Waals surface area (Å²) in [6.07, 6.45) is 2.53. The van der Waals surface area contributed by atoms with Crippen LogP contribution < -0.4 is 25.2 Å². The molecule has 2 atom stereocenters. The maximum absolute atomic E-state index is 14.8. The van der Waals surface area contributed by atoms with Crippen molar-refractivity contribution in [1.29, 1.82) is 0 Å². The zero-order chi connectivity index (χ0) is 31.8. The van der Waals surface area contributed by atoms with Gasteiger partial charge in [0.2, 0.25) is 15.9 Å². The van der Waals surface area contributed by atoms with Crippen LogP contribution in [-0.4, -0.2) is 43.7 Å². The number of hydrogen-bond donors (Lipinski definition) is 3. The zero-order valence-electron chi connectivity index (χ0n) is 23.2. The van der Waals surface area contributed by atoms with Crippen LogP contribution in [-0.2, 0) is 14.8 Å². The maximum Gasteiger partial charge on any atom is 0.387 e. The van der Waals surface area contributed by atoms with Crippen LogP contribution in [0.3, 0.4) is 0 Å². The molecular formula is C28H28F4N4O7S. The number of hydrogen-bond acceptors (Lipinski definition) is 9. The molecule has 1 heterocycles. The highest BCUT2D eigenvalue weighted by molar-refractivity contribution is 7.90. The molecule has 0 bridgehead atoms. The molecule has 5 rings (SSSR count). The van der Waals surface area contributed by atoms with Crippen molar-refractivity contribution >= 4 is 21.8 Å². The molecule has 0 spiro atoms. The number of sulfonamides is 1. The number of oxazole rings is 1. The summed E-state index contributed by atoms with van der Waals surface area (Å²) in [6.45, 7) is -1.37. The number of nitrogens with one attached hydrogen (secondary N) is 2. The van der Waals surface area contributed by atoms with Gasteiger partial charge in [-0.3, -0.25) is 14.3 Å². The number of benzene rings is 2. The highest BCUT2D eigenvalue weighted by Crippen LogP contribution is 2.37. The van der Waals surface area contributed by atoms with E-state index in [2.05, 4.69) is 15.0 Å². The molecule has 2 saturated carbocycles. The minimum absolute atomic E-state index is 0.0124. The minimum atomic E-state index is -4.11. The molecule has 1 aromatic heterocycles. The van der Waals surface area contributed by atoms with Crippen LogP contribution in [0.4, 0.5) is 17.6 Å². The normalized spacial score (nSPS) is 16.3. The first-order valence-corrected chi connectivity index (χ1v) is 15.2. The average Bonchev–Trinajstić information content (AvgIpc) is 3.88. The molecule has 0 aliphatic heterocycles. The average molecular weight is 641 g/mol. The zero-order valence-corrected chi connectivity index (χ0v) is 24.0. The Morgan fingerprint density at radius 1 is 1.09 bits per heavy atom. The molecule has 2 aromatic carbocycles. The van der Waals surface area contributed by atoms with Crippen molar-refractivity contribution in [1.82, 2.24) is 15.0 Å². The van der Waals surface area contributed by atoms with E-state index in [9.17, 15) is 35.6 Å². The van der Waals surface area contributed by atoms with Crippen LogP contribution >= 0.6 is 0 Å². The molecule has 2 fully saturated rings. The lowest BCUT2D eigenvalue weighted by Gasteiger charge is -2.19. The molecule has 4 N–H and O–H groups in total. The van der Waals surface area contributed by atoms with Crippen LogP contribution in [0.15, 0.2) is 40.8 Å². The van der Waals surface area contributed by atoms with E-state index >= 15 is 0 Å². The first-order valence-electron chi connectivity index (χ1n) is 13.6. The van der Waals surface area contributed by atoms with Crippen LogP contribution in [0.1, 0.15) is 66.5 Å². The van der Waals surface area contributed by atoms with E-state index in [-0.39, 0.29) is 41.2 Å². The molecule has 2 aliphatic rings. The van der Waals surface area contributed by atoms with Gasteiger partial charge in [-0.2, -0.15) is 8.78 Å². The molecule has 236 valence electrons. The van der Waals surface area contributed by atoms with Gasteiger partial charge in [-0.15, -0.1) is 0 Å². The van der Waals surface area contributed by atoms with Crippen molar-refractivity contribution in [2.75, 3.05) is 6.61 Å². The summed E-state index contributed by atoms with van der Waals surface area (Å²) in [5, 5.41) is 1.44. The fourth-order valence-electron chi connectivity index (χ4n) is 4.25. The first-order chi connectivity index (χ1) is 20.8. The summed E-state index contributed by atoms with van der Waals surface area (Å²) < 4.78 is 97.0. The second-order valence-electron chi connectivity index (χ2n) is 10.6. The number of nitrogens with two attached hydrogens (primary N) is 1. The summed E-state index contributed by atoms with van der Waals surface area (Å²) >= 11 is 0. The molecule has 44 heavy (non-hydrogen) atoms. The molecule has 3 aromatic rings. The van der Waals surface area contributed by atoms with E-state index in [1.54, 1.807) is 0 Å². The number of rotatable bonds is 13. The molecule has 0 radical (unpaired) electrons. The van der Waals surface area contributed by atoms with Gasteiger partial charge in [-0.1, -0.05) is 6.07 Å². The van der Waals surface area contributed by atoms with E-state index in [1.165, 1.54) is 25.1 Å². The summed E-state index contributed by atoms with van der Waals surface area (Å²) in [5.41, 5.74) is 5.27. The second kappa shape index (κ2) is 12.4. The van der Waals surface area contributed by atoms with Gasteiger partial charge in [0.05, 0.1) is 17.9 Å². The van der Waals surface area contributed by atoms with Gasteiger partial charge in [-0.05, 0) is 62.8 Å². The summed E-state index contributed by atoms with van der Waals surface area (Å²) in [5.74, 6) is -4.84. The number of alkyl halides is 2.